The largest absolute Gasteiger partial charge is 0.353 e. The van der Waals surface area contributed by atoms with E-state index >= 15 is 0 Å². The van der Waals surface area contributed by atoms with Crippen molar-refractivity contribution < 1.29 is 0 Å². The maximum atomic E-state index is 6.25. The summed E-state index contributed by atoms with van der Waals surface area (Å²) in [4.78, 5) is 6.59. The molecule has 0 aromatic carbocycles. The molecule has 0 amide bonds. The second-order valence-corrected chi connectivity index (χ2v) is 5.58. The Kier molecular flexibility index (Phi) is 6.69. The van der Waals surface area contributed by atoms with Crippen molar-refractivity contribution in [2.45, 2.75) is 46.1 Å². The molecule has 0 radical (unpaired) electrons. The highest BCUT2D eigenvalue weighted by molar-refractivity contribution is 6.37. The first-order chi connectivity index (χ1) is 9.01. The molecule has 1 heterocycles. The number of nitrogen functional groups attached to an aromatic ring is 1. The van der Waals surface area contributed by atoms with E-state index in [2.05, 4.69) is 36.1 Å². The maximum absolute atomic E-state index is 6.25. The molecular formula is C13H22Cl2N4. The lowest BCUT2D eigenvalue weighted by molar-refractivity contribution is 0.620. The molecule has 19 heavy (non-hydrogen) atoms. The summed E-state index contributed by atoms with van der Waals surface area (Å²) in [6.45, 7) is 7.34. The number of hydrazine groups is 1. The Hall–Kier alpha value is -0.710. The van der Waals surface area contributed by atoms with Crippen molar-refractivity contribution in [2.75, 3.05) is 16.9 Å². The van der Waals surface area contributed by atoms with Gasteiger partial charge in [0.2, 0.25) is 0 Å². The van der Waals surface area contributed by atoms with E-state index in [0.29, 0.717) is 21.9 Å². The molecule has 4 nitrogen and oxygen atoms in total. The monoisotopic (exact) mass is 304 g/mol. The van der Waals surface area contributed by atoms with Gasteiger partial charge in [-0.3, -0.25) is 0 Å². The predicted octanol–water partition coefficient (Wildman–Crippen LogP) is 4.08. The molecule has 0 aliphatic heterocycles. The van der Waals surface area contributed by atoms with E-state index in [1.807, 2.05) is 0 Å². The summed E-state index contributed by atoms with van der Waals surface area (Å²) in [6.07, 6.45) is 3.49. The van der Waals surface area contributed by atoms with Crippen molar-refractivity contribution in [1.29, 1.82) is 0 Å². The van der Waals surface area contributed by atoms with Gasteiger partial charge in [-0.2, -0.15) is 0 Å². The Balaban J connectivity index is 3.01. The fourth-order valence-corrected chi connectivity index (χ4v) is 2.42. The maximum Gasteiger partial charge on any atom is 0.161 e. The normalized spacial score (nSPS) is 10.9. The van der Waals surface area contributed by atoms with Crippen LogP contribution in [0.25, 0.3) is 0 Å². The summed E-state index contributed by atoms with van der Waals surface area (Å²) in [5, 5.41) is 0.975. The van der Waals surface area contributed by atoms with Crippen molar-refractivity contribution in [3.8, 4) is 0 Å². The zero-order valence-electron chi connectivity index (χ0n) is 11.7. The zero-order chi connectivity index (χ0) is 14.4. The second kappa shape index (κ2) is 7.78. The molecular weight excluding hydrogens is 283 g/mol. The number of halogens is 2. The lowest BCUT2D eigenvalue weighted by Gasteiger charge is -2.29. The van der Waals surface area contributed by atoms with Crippen LogP contribution in [0.5, 0.6) is 0 Å². The summed E-state index contributed by atoms with van der Waals surface area (Å²) >= 11 is 12.3. The molecule has 108 valence electrons. The SMILES string of the molecule is CCCCCN(c1nc(NN)c(Cl)cc1Cl)C(C)C. The van der Waals surface area contributed by atoms with Gasteiger partial charge in [0.1, 0.15) is 5.82 Å². The number of aromatic nitrogens is 1. The van der Waals surface area contributed by atoms with E-state index < -0.39 is 0 Å². The Bertz CT molecular complexity index is 410. The van der Waals surface area contributed by atoms with E-state index in [1.54, 1.807) is 6.07 Å². The fourth-order valence-electron chi connectivity index (χ4n) is 1.90. The number of hydrogen-bond acceptors (Lipinski definition) is 4. The van der Waals surface area contributed by atoms with Crippen LogP contribution in [-0.4, -0.2) is 17.6 Å². The van der Waals surface area contributed by atoms with E-state index in [4.69, 9.17) is 29.0 Å². The van der Waals surface area contributed by atoms with E-state index in [0.717, 1.165) is 18.8 Å². The van der Waals surface area contributed by atoms with Crippen LogP contribution < -0.4 is 16.2 Å². The highest BCUT2D eigenvalue weighted by Gasteiger charge is 2.17. The number of nitrogens with one attached hydrogen (secondary N) is 1. The van der Waals surface area contributed by atoms with E-state index in [-0.39, 0.29) is 0 Å². The van der Waals surface area contributed by atoms with Crippen LogP contribution in [0.15, 0.2) is 6.07 Å². The van der Waals surface area contributed by atoms with Gasteiger partial charge in [-0.25, -0.2) is 10.8 Å². The standard InChI is InChI=1S/C13H22Cl2N4/c1-4-5-6-7-19(9(2)3)13-11(15)8-10(14)12(17-13)18-16/h8-9H,4-7,16H2,1-3H3,(H,17,18). The van der Waals surface area contributed by atoms with Crippen molar-refractivity contribution in [3.63, 3.8) is 0 Å². The average molecular weight is 305 g/mol. The van der Waals surface area contributed by atoms with Crippen LogP contribution in [0.1, 0.15) is 40.0 Å². The Morgan fingerprint density at radius 1 is 1.32 bits per heavy atom. The van der Waals surface area contributed by atoms with Gasteiger partial charge < -0.3 is 10.3 Å². The first kappa shape index (κ1) is 16.3. The van der Waals surface area contributed by atoms with Crippen LogP contribution in [0.3, 0.4) is 0 Å². The Morgan fingerprint density at radius 3 is 2.53 bits per heavy atom. The zero-order valence-corrected chi connectivity index (χ0v) is 13.2. The minimum absolute atomic E-state index is 0.314. The molecule has 0 atom stereocenters. The molecule has 0 bridgehead atoms. The molecule has 0 saturated carbocycles. The van der Waals surface area contributed by atoms with E-state index in [1.165, 1.54) is 12.8 Å². The van der Waals surface area contributed by atoms with Gasteiger partial charge in [0.25, 0.3) is 0 Å². The number of nitrogens with zero attached hydrogens (tertiary/aromatic N) is 2. The van der Waals surface area contributed by atoms with Crippen molar-refractivity contribution in [3.05, 3.63) is 16.1 Å². The molecule has 0 aliphatic rings. The third-order valence-corrected chi connectivity index (χ3v) is 3.51. The van der Waals surface area contributed by atoms with Gasteiger partial charge in [0.05, 0.1) is 10.0 Å². The molecule has 1 rings (SSSR count). The predicted molar refractivity (Wildman–Crippen MR) is 84.1 cm³/mol. The molecule has 3 N–H and O–H groups in total. The summed E-state index contributed by atoms with van der Waals surface area (Å²) in [5.74, 6) is 6.58. The smallest absolute Gasteiger partial charge is 0.161 e. The van der Waals surface area contributed by atoms with Crippen LogP contribution in [0, 0.1) is 0 Å². The minimum Gasteiger partial charge on any atom is -0.353 e. The molecule has 0 aliphatic carbocycles. The molecule has 0 saturated heterocycles. The quantitative estimate of drug-likeness (QED) is 0.453. The van der Waals surface area contributed by atoms with Crippen molar-refractivity contribution in [1.82, 2.24) is 4.98 Å². The Labute approximate surface area is 125 Å². The molecule has 1 aromatic rings. The van der Waals surface area contributed by atoms with Gasteiger partial charge in [-0.05, 0) is 26.3 Å². The van der Waals surface area contributed by atoms with Crippen molar-refractivity contribution in [2.24, 2.45) is 5.84 Å². The number of unbranched alkanes of at least 4 members (excludes halogenated alkanes) is 2. The number of hydrogen-bond donors (Lipinski definition) is 2. The summed E-state index contributed by atoms with van der Waals surface area (Å²) in [5.41, 5.74) is 2.50. The fraction of sp³-hybridized carbons (Fsp3) is 0.615. The molecule has 1 aromatic heterocycles. The van der Waals surface area contributed by atoms with Crippen molar-refractivity contribution >= 4 is 34.8 Å². The Morgan fingerprint density at radius 2 is 2.00 bits per heavy atom. The van der Waals surface area contributed by atoms with Gasteiger partial charge in [0, 0.05) is 12.6 Å². The van der Waals surface area contributed by atoms with Gasteiger partial charge in [-0.1, -0.05) is 43.0 Å². The number of nitrogens with two attached hydrogens (primary N) is 1. The summed E-state index contributed by atoms with van der Waals surface area (Å²) < 4.78 is 0. The topological polar surface area (TPSA) is 54.2 Å². The molecule has 0 fully saturated rings. The highest BCUT2D eigenvalue weighted by Crippen LogP contribution is 2.32. The third kappa shape index (κ3) is 4.41. The summed E-state index contributed by atoms with van der Waals surface area (Å²) in [7, 11) is 0. The number of anilines is 2. The first-order valence-electron chi connectivity index (χ1n) is 6.60. The number of pyridine rings is 1. The van der Waals surface area contributed by atoms with E-state index in [9.17, 15) is 0 Å². The van der Waals surface area contributed by atoms with Crippen LogP contribution >= 0.6 is 23.2 Å². The first-order valence-corrected chi connectivity index (χ1v) is 7.36. The summed E-state index contributed by atoms with van der Waals surface area (Å²) in [6, 6.07) is 1.99. The second-order valence-electron chi connectivity index (χ2n) is 4.76. The molecule has 0 unspecified atom stereocenters. The number of rotatable bonds is 7. The van der Waals surface area contributed by atoms with Gasteiger partial charge in [-0.15, -0.1) is 0 Å². The molecule has 0 spiro atoms. The molecule has 6 heteroatoms. The van der Waals surface area contributed by atoms with Crippen LogP contribution in [0.4, 0.5) is 11.6 Å². The lowest BCUT2D eigenvalue weighted by atomic mass is 10.2. The van der Waals surface area contributed by atoms with Crippen LogP contribution in [-0.2, 0) is 0 Å². The van der Waals surface area contributed by atoms with Crippen LogP contribution in [0.2, 0.25) is 10.0 Å². The lowest BCUT2D eigenvalue weighted by Crippen LogP contribution is -2.33. The van der Waals surface area contributed by atoms with Gasteiger partial charge in [0.15, 0.2) is 5.82 Å². The average Bonchev–Trinajstić information content (AvgIpc) is 2.35. The third-order valence-electron chi connectivity index (χ3n) is 2.95. The van der Waals surface area contributed by atoms with Gasteiger partial charge >= 0.3 is 0 Å². The minimum atomic E-state index is 0.314. The highest BCUT2D eigenvalue weighted by atomic mass is 35.5.